The average molecular weight is 394 g/mol. The van der Waals surface area contributed by atoms with Crippen molar-refractivity contribution >= 4 is 10.0 Å². The van der Waals surface area contributed by atoms with Crippen LogP contribution in [0.5, 0.6) is 5.75 Å². The third kappa shape index (κ3) is 5.07. The van der Waals surface area contributed by atoms with Gasteiger partial charge in [0.1, 0.15) is 5.75 Å². The van der Waals surface area contributed by atoms with Gasteiger partial charge < -0.3 is 14.2 Å². The Morgan fingerprint density at radius 2 is 1.63 bits per heavy atom. The fourth-order valence-corrected chi connectivity index (χ4v) is 4.38. The minimum atomic E-state index is -3.77. The van der Waals surface area contributed by atoms with Gasteiger partial charge in [-0.15, -0.1) is 0 Å². The number of methoxy groups -OCH3 is 3. The van der Waals surface area contributed by atoms with Crippen LogP contribution in [0, 0.1) is 6.92 Å². The van der Waals surface area contributed by atoms with E-state index in [4.69, 9.17) is 14.2 Å². The molecule has 0 aliphatic rings. The maximum atomic E-state index is 13.4. The molecule has 1 atom stereocenters. The fourth-order valence-electron chi connectivity index (χ4n) is 2.77. The van der Waals surface area contributed by atoms with Crippen molar-refractivity contribution in [2.75, 3.05) is 27.9 Å². The molecule has 0 radical (unpaired) electrons. The van der Waals surface area contributed by atoms with E-state index in [9.17, 15) is 8.42 Å². The summed E-state index contributed by atoms with van der Waals surface area (Å²) >= 11 is 0. The predicted octanol–water partition coefficient (Wildman–Crippen LogP) is 3.37. The SMILES string of the molecule is COc1cccc(C(C)N(CC(OC)OC)S(=O)(=O)c2ccc(C)cc2)c1. The Labute approximate surface area is 161 Å². The van der Waals surface area contributed by atoms with Gasteiger partial charge >= 0.3 is 0 Å². The zero-order chi connectivity index (χ0) is 20.0. The van der Waals surface area contributed by atoms with Crippen molar-refractivity contribution in [3.05, 3.63) is 59.7 Å². The van der Waals surface area contributed by atoms with E-state index in [1.807, 2.05) is 38.1 Å². The summed E-state index contributed by atoms with van der Waals surface area (Å²) in [6.45, 7) is 3.81. The Balaban J connectivity index is 2.47. The molecule has 7 heteroatoms. The van der Waals surface area contributed by atoms with Crippen LogP contribution in [-0.2, 0) is 19.5 Å². The maximum Gasteiger partial charge on any atom is 0.243 e. The number of ether oxygens (including phenoxy) is 3. The van der Waals surface area contributed by atoms with E-state index in [2.05, 4.69) is 0 Å². The number of sulfonamides is 1. The first kappa shape index (κ1) is 21.4. The number of rotatable bonds is 9. The van der Waals surface area contributed by atoms with E-state index < -0.39 is 22.4 Å². The molecule has 0 heterocycles. The van der Waals surface area contributed by atoms with Gasteiger partial charge in [0.15, 0.2) is 6.29 Å². The largest absolute Gasteiger partial charge is 0.497 e. The van der Waals surface area contributed by atoms with Gasteiger partial charge in [-0.05, 0) is 43.7 Å². The lowest BCUT2D eigenvalue weighted by Gasteiger charge is -2.31. The molecule has 0 bridgehead atoms. The van der Waals surface area contributed by atoms with Gasteiger partial charge in [-0.1, -0.05) is 29.8 Å². The zero-order valence-electron chi connectivity index (χ0n) is 16.4. The minimum Gasteiger partial charge on any atom is -0.497 e. The molecule has 0 saturated heterocycles. The molecule has 27 heavy (non-hydrogen) atoms. The molecule has 0 amide bonds. The monoisotopic (exact) mass is 393 g/mol. The van der Waals surface area contributed by atoms with Crippen LogP contribution < -0.4 is 4.74 Å². The molecule has 0 N–H and O–H groups in total. The first-order valence-electron chi connectivity index (χ1n) is 8.61. The van der Waals surface area contributed by atoms with Crippen LogP contribution in [0.3, 0.4) is 0 Å². The van der Waals surface area contributed by atoms with Crippen molar-refractivity contribution in [1.82, 2.24) is 4.31 Å². The number of aryl methyl sites for hydroxylation is 1. The second-order valence-corrected chi connectivity index (χ2v) is 8.13. The van der Waals surface area contributed by atoms with E-state index in [0.29, 0.717) is 5.75 Å². The second kappa shape index (κ2) is 9.32. The van der Waals surface area contributed by atoms with Gasteiger partial charge in [0.25, 0.3) is 0 Å². The van der Waals surface area contributed by atoms with E-state index in [-0.39, 0.29) is 11.4 Å². The van der Waals surface area contributed by atoms with E-state index in [1.54, 1.807) is 31.4 Å². The maximum absolute atomic E-state index is 13.4. The predicted molar refractivity (Wildman–Crippen MR) is 104 cm³/mol. The molecule has 148 valence electrons. The second-order valence-electron chi connectivity index (χ2n) is 6.24. The number of benzene rings is 2. The van der Waals surface area contributed by atoms with Crippen LogP contribution in [0.15, 0.2) is 53.4 Å². The van der Waals surface area contributed by atoms with Crippen molar-refractivity contribution in [3.8, 4) is 5.75 Å². The summed E-state index contributed by atoms with van der Waals surface area (Å²) in [5.74, 6) is 0.669. The zero-order valence-corrected chi connectivity index (χ0v) is 17.2. The third-order valence-electron chi connectivity index (χ3n) is 4.49. The Hall–Kier alpha value is -1.93. The summed E-state index contributed by atoms with van der Waals surface area (Å²) in [7, 11) is 0.787. The molecule has 1 unspecified atom stereocenters. The summed E-state index contributed by atoms with van der Waals surface area (Å²) in [4.78, 5) is 0.230. The van der Waals surface area contributed by atoms with Gasteiger partial charge in [0.05, 0.1) is 18.6 Å². The van der Waals surface area contributed by atoms with Crippen LogP contribution in [0.4, 0.5) is 0 Å². The lowest BCUT2D eigenvalue weighted by molar-refractivity contribution is -0.110. The summed E-state index contributed by atoms with van der Waals surface area (Å²) in [5, 5.41) is 0. The molecule has 2 aromatic rings. The molecule has 2 rings (SSSR count). The van der Waals surface area contributed by atoms with Gasteiger partial charge in [-0.2, -0.15) is 4.31 Å². The molecule has 0 aliphatic heterocycles. The molecular formula is C20H27NO5S. The molecular weight excluding hydrogens is 366 g/mol. The Bertz CT molecular complexity index is 832. The molecule has 0 fully saturated rings. The first-order chi connectivity index (χ1) is 12.8. The first-order valence-corrected chi connectivity index (χ1v) is 10.1. The summed E-state index contributed by atoms with van der Waals surface area (Å²) in [6, 6.07) is 13.7. The van der Waals surface area contributed by atoms with Crippen molar-refractivity contribution < 1.29 is 22.6 Å². The number of hydrogen-bond acceptors (Lipinski definition) is 5. The molecule has 6 nitrogen and oxygen atoms in total. The van der Waals surface area contributed by atoms with Crippen molar-refractivity contribution in [2.45, 2.75) is 31.1 Å². The summed E-state index contributed by atoms with van der Waals surface area (Å²) in [5.41, 5.74) is 1.81. The highest BCUT2D eigenvalue weighted by atomic mass is 32.2. The normalized spacial score (nSPS) is 13.1. The smallest absolute Gasteiger partial charge is 0.243 e. The minimum absolute atomic E-state index is 0.0571. The number of nitrogens with zero attached hydrogens (tertiary/aromatic N) is 1. The van der Waals surface area contributed by atoms with E-state index >= 15 is 0 Å². The van der Waals surface area contributed by atoms with E-state index in [0.717, 1.165) is 11.1 Å². The van der Waals surface area contributed by atoms with Crippen molar-refractivity contribution in [2.24, 2.45) is 0 Å². The van der Waals surface area contributed by atoms with E-state index in [1.165, 1.54) is 18.5 Å². The van der Waals surface area contributed by atoms with Gasteiger partial charge in [0, 0.05) is 20.3 Å². The lowest BCUT2D eigenvalue weighted by Crippen LogP contribution is -2.40. The number of hydrogen-bond donors (Lipinski definition) is 0. The summed E-state index contributed by atoms with van der Waals surface area (Å²) in [6.07, 6.45) is -0.682. The van der Waals surface area contributed by atoms with Crippen LogP contribution in [0.25, 0.3) is 0 Å². The standard InChI is InChI=1S/C20H27NO5S/c1-15-9-11-19(12-10-15)27(22,23)21(14-20(25-4)26-5)16(2)17-7-6-8-18(13-17)24-3/h6-13,16,20H,14H2,1-5H3. The Kier molecular flexibility index (Phi) is 7.38. The molecule has 0 aliphatic carbocycles. The molecule has 0 saturated carbocycles. The summed E-state index contributed by atoms with van der Waals surface area (Å²) < 4.78 is 43.9. The van der Waals surface area contributed by atoms with Crippen LogP contribution in [0.2, 0.25) is 0 Å². The third-order valence-corrected chi connectivity index (χ3v) is 6.44. The van der Waals surface area contributed by atoms with Gasteiger partial charge in [0.2, 0.25) is 10.0 Å². The topological polar surface area (TPSA) is 65.1 Å². The highest BCUT2D eigenvalue weighted by Crippen LogP contribution is 2.30. The molecule has 2 aromatic carbocycles. The average Bonchev–Trinajstić information content (AvgIpc) is 2.68. The highest BCUT2D eigenvalue weighted by molar-refractivity contribution is 7.89. The quantitative estimate of drug-likeness (QED) is 0.611. The molecule has 0 spiro atoms. The van der Waals surface area contributed by atoms with Crippen LogP contribution >= 0.6 is 0 Å². The lowest BCUT2D eigenvalue weighted by atomic mass is 10.1. The Morgan fingerprint density at radius 3 is 2.19 bits per heavy atom. The fraction of sp³-hybridized carbons (Fsp3) is 0.400. The van der Waals surface area contributed by atoms with Crippen molar-refractivity contribution in [3.63, 3.8) is 0 Å². The van der Waals surface area contributed by atoms with Crippen LogP contribution in [-0.4, -0.2) is 46.9 Å². The van der Waals surface area contributed by atoms with Crippen molar-refractivity contribution in [1.29, 1.82) is 0 Å². The van der Waals surface area contributed by atoms with Gasteiger partial charge in [-0.25, -0.2) is 8.42 Å². The van der Waals surface area contributed by atoms with Crippen LogP contribution in [0.1, 0.15) is 24.1 Å². The highest BCUT2D eigenvalue weighted by Gasteiger charge is 2.32. The van der Waals surface area contributed by atoms with Gasteiger partial charge in [-0.3, -0.25) is 0 Å². The molecule has 0 aromatic heterocycles. The Morgan fingerprint density at radius 1 is 1.00 bits per heavy atom.